The van der Waals surface area contributed by atoms with E-state index >= 15 is 0 Å². The lowest BCUT2D eigenvalue weighted by Gasteiger charge is -1.95. The van der Waals surface area contributed by atoms with Gasteiger partial charge in [0, 0.05) is 0 Å². The molecular weight excluding hydrogens is 270 g/mol. The Kier molecular flexibility index (Phi) is 3.16. The molecule has 0 radical (unpaired) electrons. The van der Waals surface area contributed by atoms with Crippen LogP contribution in [-0.4, -0.2) is 22.4 Å². The molecular formula is C16H11NO4. The molecule has 0 bridgehead atoms. The van der Waals surface area contributed by atoms with Gasteiger partial charge >= 0.3 is 5.97 Å². The highest BCUT2D eigenvalue weighted by Crippen LogP contribution is 2.30. The summed E-state index contributed by atoms with van der Waals surface area (Å²) in [7, 11) is 0. The Morgan fingerprint density at radius 3 is 2.48 bits per heavy atom. The number of aromatic hydroxyl groups is 1. The summed E-state index contributed by atoms with van der Waals surface area (Å²) in [5.41, 5.74) is 1.35. The largest absolute Gasteiger partial charge is 0.504 e. The summed E-state index contributed by atoms with van der Waals surface area (Å²) < 4.78 is 5.49. The summed E-state index contributed by atoms with van der Waals surface area (Å²) in [4.78, 5) is 14.9. The van der Waals surface area contributed by atoms with Crippen molar-refractivity contribution in [2.24, 2.45) is 4.99 Å². The molecule has 0 saturated carbocycles. The van der Waals surface area contributed by atoms with Gasteiger partial charge in [-0.3, -0.25) is 4.99 Å². The lowest BCUT2D eigenvalue weighted by atomic mass is 10.2. The van der Waals surface area contributed by atoms with E-state index in [1.807, 2.05) is 12.1 Å². The molecule has 0 fully saturated rings. The number of aliphatic imine (C=N–C) groups is 1. The molecule has 0 saturated heterocycles. The van der Waals surface area contributed by atoms with Crippen LogP contribution in [0.25, 0.3) is 11.0 Å². The van der Waals surface area contributed by atoms with Gasteiger partial charge in [0.2, 0.25) is 0 Å². The average Bonchev–Trinajstić information content (AvgIpc) is 2.82. The molecule has 3 rings (SSSR count). The fraction of sp³-hybridized carbons (Fsp3) is 0. The van der Waals surface area contributed by atoms with E-state index in [9.17, 15) is 9.90 Å². The maximum Gasteiger partial charge on any atom is 0.335 e. The van der Waals surface area contributed by atoms with Gasteiger partial charge in [0.05, 0.1) is 22.9 Å². The molecule has 1 aromatic heterocycles. The Hall–Kier alpha value is -3.08. The molecule has 0 amide bonds. The number of hydrogen-bond donors (Lipinski definition) is 2. The van der Waals surface area contributed by atoms with Crippen LogP contribution in [0.4, 0.5) is 5.69 Å². The fourth-order valence-corrected chi connectivity index (χ4v) is 1.96. The van der Waals surface area contributed by atoms with Crippen LogP contribution >= 0.6 is 0 Å². The summed E-state index contributed by atoms with van der Waals surface area (Å²) in [6, 6.07) is 13.2. The van der Waals surface area contributed by atoms with Crippen molar-refractivity contribution in [3.8, 4) is 5.75 Å². The lowest BCUT2D eigenvalue weighted by Crippen LogP contribution is -1.94. The van der Waals surface area contributed by atoms with Crippen molar-refractivity contribution in [3.05, 3.63) is 59.9 Å². The lowest BCUT2D eigenvalue weighted by molar-refractivity contribution is 0.0697. The first-order valence-corrected chi connectivity index (χ1v) is 6.23. The Bertz CT molecular complexity index is 831. The van der Waals surface area contributed by atoms with Crippen LogP contribution in [0.15, 0.2) is 57.9 Å². The van der Waals surface area contributed by atoms with Crippen LogP contribution < -0.4 is 0 Å². The van der Waals surface area contributed by atoms with E-state index in [0.717, 1.165) is 0 Å². The first kappa shape index (κ1) is 12.9. The third-order valence-electron chi connectivity index (χ3n) is 3.04. The molecule has 5 heteroatoms. The van der Waals surface area contributed by atoms with E-state index < -0.39 is 5.97 Å². The second-order valence-corrected chi connectivity index (χ2v) is 4.42. The Labute approximate surface area is 119 Å². The first-order chi connectivity index (χ1) is 10.1. The van der Waals surface area contributed by atoms with Gasteiger partial charge in [0.25, 0.3) is 0 Å². The monoisotopic (exact) mass is 281 g/mol. The molecule has 0 atom stereocenters. The number of benzene rings is 2. The predicted octanol–water partition coefficient (Wildman–Crippen LogP) is 3.59. The van der Waals surface area contributed by atoms with E-state index in [0.29, 0.717) is 16.7 Å². The molecule has 3 aromatic rings. The van der Waals surface area contributed by atoms with Crippen LogP contribution in [0.2, 0.25) is 0 Å². The Balaban J connectivity index is 1.90. The van der Waals surface area contributed by atoms with Gasteiger partial charge in [-0.15, -0.1) is 0 Å². The van der Waals surface area contributed by atoms with E-state index in [1.54, 1.807) is 24.3 Å². The molecule has 0 unspecified atom stereocenters. The number of rotatable bonds is 3. The minimum atomic E-state index is -0.986. The van der Waals surface area contributed by atoms with Gasteiger partial charge in [-0.25, -0.2) is 4.79 Å². The number of carboxylic acids is 1. The number of furan rings is 1. The molecule has 0 spiro atoms. The summed E-state index contributed by atoms with van der Waals surface area (Å²) in [6.07, 6.45) is 1.41. The zero-order valence-electron chi connectivity index (χ0n) is 10.9. The van der Waals surface area contributed by atoms with Crippen molar-refractivity contribution in [2.45, 2.75) is 0 Å². The van der Waals surface area contributed by atoms with Crippen molar-refractivity contribution < 1.29 is 19.4 Å². The number of hydrogen-bond acceptors (Lipinski definition) is 4. The van der Waals surface area contributed by atoms with E-state index in [-0.39, 0.29) is 17.1 Å². The molecule has 1 heterocycles. The maximum atomic E-state index is 10.7. The summed E-state index contributed by atoms with van der Waals surface area (Å²) in [5, 5.41) is 19.5. The summed E-state index contributed by atoms with van der Waals surface area (Å²) in [6.45, 7) is 0. The van der Waals surface area contributed by atoms with Crippen molar-refractivity contribution in [2.75, 3.05) is 0 Å². The highest BCUT2D eigenvalue weighted by molar-refractivity contribution is 5.94. The zero-order chi connectivity index (χ0) is 14.8. The molecule has 104 valence electrons. The minimum absolute atomic E-state index is 0.0384. The first-order valence-electron chi connectivity index (χ1n) is 6.23. The maximum absolute atomic E-state index is 10.7. The molecule has 21 heavy (non-hydrogen) atoms. The van der Waals surface area contributed by atoms with Crippen molar-refractivity contribution in [1.82, 2.24) is 0 Å². The topological polar surface area (TPSA) is 83.0 Å². The molecule has 2 aromatic carbocycles. The van der Waals surface area contributed by atoms with Crippen LogP contribution in [0.1, 0.15) is 16.1 Å². The summed E-state index contributed by atoms with van der Waals surface area (Å²) >= 11 is 0. The van der Waals surface area contributed by atoms with Crippen LogP contribution in [-0.2, 0) is 0 Å². The van der Waals surface area contributed by atoms with Crippen LogP contribution in [0.3, 0.4) is 0 Å². The minimum Gasteiger partial charge on any atom is -0.504 e. The highest BCUT2D eigenvalue weighted by Gasteiger charge is 2.10. The normalized spacial score (nSPS) is 11.2. The van der Waals surface area contributed by atoms with E-state index in [4.69, 9.17) is 9.52 Å². The third kappa shape index (κ3) is 2.49. The van der Waals surface area contributed by atoms with Crippen LogP contribution in [0.5, 0.6) is 5.75 Å². The fourth-order valence-electron chi connectivity index (χ4n) is 1.96. The van der Waals surface area contributed by atoms with Gasteiger partial charge in [-0.1, -0.05) is 12.1 Å². The molecule has 0 aliphatic rings. The van der Waals surface area contributed by atoms with Crippen molar-refractivity contribution in [1.29, 1.82) is 0 Å². The number of fused-ring (bicyclic) bond motifs is 1. The van der Waals surface area contributed by atoms with Crippen molar-refractivity contribution in [3.63, 3.8) is 0 Å². The standard InChI is InChI=1S/C16H11NO4/c18-15-12-3-1-2-4-13(12)21-14(15)9-17-11-7-5-10(6-8-11)16(19)20/h1-9,18H,(H,19,20). The van der Waals surface area contributed by atoms with E-state index in [2.05, 4.69) is 4.99 Å². The molecule has 5 nitrogen and oxygen atoms in total. The third-order valence-corrected chi connectivity index (χ3v) is 3.04. The van der Waals surface area contributed by atoms with Gasteiger partial charge < -0.3 is 14.6 Å². The van der Waals surface area contributed by atoms with Gasteiger partial charge in [-0.2, -0.15) is 0 Å². The SMILES string of the molecule is O=C(O)c1ccc(N=Cc2oc3ccccc3c2O)cc1. The quantitative estimate of drug-likeness (QED) is 0.719. The molecule has 0 aliphatic carbocycles. The molecule has 2 N–H and O–H groups in total. The average molecular weight is 281 g/mol. The Morgan fingerprint density at radius 1 is 1.10 bits per heavy atom. The second kappa shape index (κ2) is 5.13. The van der Waals surface area contributed by atoms with Gasteiger partial charge in [0.15, 0.2) is 11.5 Å². The zero-order valence-corrected chi connectivity index (χ0v) is 10.9. The smallest absolute Gasteiger partial charge is 0.335 e. The number of aromatic carboxylic acids is 1. The van der Waals surface area contributed by atoms with Gasteiger partial charge in [0.1, 0.15) is 5.58 Å². The second-order valence-electron chi connectivity index (χ2n) is 4.42. The number of para-hydroxylation sites is 1. The Morgan fingerprint density at radius 2 is 1.81 bits per heavy atom. The van der Waals surface area contributed by atoms with Gasteiger partial charge in [-0.05, 0) is 36.4 Å². The summed E-state index contributed by atoms with van der Waals surface area (Å²) in [5.74, 6) is -0.685. The molecule has 0 aliphatic heterocycles. The number of carboxylic acid groups (broad SMARTS) is 1. The highest BCUT2D eigenvalue weighted by atomic mass is 16.4. The van der Waals surface area contributed by atoms with Crippen molar-refractivity contribution >= 4 is 28.8 Å². The predicted molar refractivity (Wildman–Crippen MR) is 78.5 cm³/mol. The number of carbonyl (C=O) groups is 1. The van der Waals surface area contributed by atoms with Crippen LogP contribution in [0, 0.1) is 0 Å². The number of nitrogens with zero attached hydrogens (tertiary/aromatic N) is 1. The van der Waals surface area contributed by atoms with E-state index in [1.165, 1.54) is 18.3 Å².